The number of amides is 1. The van der Waals surface area contributed by atoms with Gasteiger partial charge in [0.25, 0.3) is 5.91 Å². The lowest BCUT2D eigenvalue weighted by Gasteiger charge is -2.12. The standard InChI is InChI=1S/C17H17F3N2O3S/c1-12-7-8-14(9-15(12)16(23)21-11-17(18,19)20)26(24,25)22-10-13-5-3-2-4-6-13/h2-9,22H,10-11H2,1H3,(H,21,23). The van der Waals surface area contributed by atoms with Gasteiger partial charge in [0.2, 0.25) is 10.0 Å². The summed E-state index contributed by atoms with van der Waals surface area (Å²) in [5.41, 5.74) is 0.981. The zero-order valence-electron chi connectivity index (χ0n) is 13.8. The fourth-order valence-electron chi connectivity index (χ4n) is 2.15. The van der Waals surface area contributed by atoms with Gasteiger partial charge >= 0.3 is 6.18 Å². The highest BCUT2D eigenvalue weighted by Gasteiger charge is 2.28. The minimum Gasteiger partial charge on any atom is -0.343 e. The van der Waals surface area contributed by atoms with E-state index < -0.39 is 28.7 Å². The average Bonchev–Trinajstić information content (AvgIpc) is 2.58. The van der Waals surface area contributed by atoms with E-state index >= 15 is 0 Å². The first-order valence-electron chi connectivity index (χ1n) is 7.58. The van der Waals surface area contributed by atoms with Crippen molar-refractivity contribution in [2.45, 2.75) is 24.5 Å². The topological polar surface area (TPSA) is 75.3 Å². The molecule has 0 heterocycles. The van der Waals surface area contributed by atoms with Gasteiger partial charge in [0.1, 0.15) is 6.54 Å². The lowest BCUT2D eigenvalue weighted by atomic mass is 10.1. The molecule has 0 saturated carbocycles. The molecule has 26 heavy (non-hydrogen) atoms. The Morgan fingerprint density at radius 3 is 2.35 bits per heavy atom. The maximum absolute atomic E-state index is 12.4. The molecule has 5 nitrogen and oxygen atoms in total. The van der Waals surface area contributed by atoms with Crippen LogP contribution in [0.4, 0.5) is 13.2 Å². The Hall–Kier alpha value is -2.39. The van der Waals surface area contributed by atoms with Crippen molar-refractivity contribution >= 4 is 15.9 Å². The Balaban J connectivity index is 2.17. The minimum absolute atomic E-state index is 0.0483. The Bertz CT molecular complexity index is 882. The minimum atomic E-state index is -4.55. The van der Waals surface area contributed by atoms with Gasteiger partial charge in [-0.2, -0.15) is 13.2 Å². The van der Waals surface area contributed by atoms with E-state index in [0.29, 0.717) is 5.56 Å². The maximum atomic E-state index is 12.4. The summed E-state index contributed by atoms with van der Waals surface area (Å²) in [6.07, 6.45) is -4.55. The molecule has 2 rings (SSSR count). The fourth-order valence-corrected chi connectivity index (χ4v) is 3.19. The lowest BCUT2D eigenvalue weighted by molar-refractivity contribution is -0.123. The number of halogens is 3. The molecule has 140 valence electrons. The quantitative estimate of drug-likeness (QED) is 0.802. The van der Waals surface area contributed by atoms with Crippen LogP contribution in [0, 0.1) is 6.92 Å². The molecule has 0 unspecified atom stereocenters. The average molecular weight is 386 g/mol. The Kier molecular flexibility index (Phi) is 6.04. The molecule has 1 amide bonds. The van der Waals surface area contributed by atoms with Crippen LogP contribution in [0.1, 0.15) is 21.5 Å². The second-order valence-electron chi connectivity index (χ2n) is 5.58. The zero-order chi connectivity index (χ0) is 19.4. The summed E-state index contributed by atoms with van der Waals surface area (Å²) in [6.45, 7) is 0.0669. The van der Waals surface area contributed by atoms with Crippen LogP contribution in [0.2, 0.25) is 0 Å². The van der Waals surface area contributed by atoms with Gasteiger partial charge in [-0.1, -0.05) is 36.4 Å². The van der Waals surface area contributed by atoms with Crippen LogP contribution in [0.15, 0.2) is 53.4 Å². The number of carbonyl (C=O) groups is 1. The van der Waals surface area contributed by atoms with Crippen molar-refractivity contribution in [2.75, 3.05) is 6.54 Å². The van der Waals surface area contributed by atoms with Crippen LogP contribution < -0.4 is 10.0 Å². The number of hydrogen-bond donors (Lipinski definition) is 2. The summed E-state index contributed by atoms with van der Waals surface area (Å²) in [7, 11) is -3.93. The largest absolute Gasteiger partial charge is 0.405 e. The van der Waals surface area contributed by atoms with Crippen LogP contribution >= 0.6 is 0 Å². The highest BCUT2D eigenvalue weighted by atomic mass is 32.2. The predicted octanol–water partition coefficient (Wildman–Crippen LogP) is 2.77. The molecule has 0 saturated heterocycles. The van der Waals surface area contributed by atoms with Gasteiger partial charge in [0, 0.05) is 12.1 Å². The molecular formula is C17H17F3N2O3S. The number of aryl methyl sites for hydroxylation is 1. The summed E-state index contributed by atoms with van der Waals surface area (Å²) in [6, 6.07) is 12.5. The van der Waals surface area contributed by atoms with Gasteiger partial charge in [-0.3, -0.25) is 4.79 Å². The number of sulfonamides is 1. The van der Waals surface area contributed by atoms with Crippen molar-refractivity contribution in [1.29, 1.82) is 0 Å². The first-order valence-corrected chi connectivity index (χ1v) is 9.06. The van der Waals surface area contributed by atoms with E-state index in [1.165, 1.54) is 19.1 Å². The highest BCUT2D eigenvalue weighted by molar-refractivity contribution is 7.89. The molecule has 0 aliphatic carbocycles. The third-order valence-corrected chi connectivity index (χ3v) is 4.92. The smallest absolute Gasteiger partial charge is 0.343 e. The van der Waals surface area contributed by atoms with E-state index in [-0.39, 0.29) is 17.0 Å². The predicted molar refractivity (Wildman–Crippen MR) is 90.0 cm³/mol. The van der Waals surface area contributed by atoms with Gasteiger partial charge in [-0.15, -0.1) is 0 Å². The first kappa shape index (κ1) is 19.9. The molecule has 0 bridgehead atoms. The monoisotopic (exact) mass is 386 g/mol. The van der Waals surface area contributed by atoms with Gasteiger partial charge in [0.05, 0.1) is 4.90 Å². The van der Waals surface area contributed by atoms with Crippen LogP contribution in [-0.4, -0.2) is 27.0 Å². The summed E-state index contributed by atoms with van der Waals surface area (Å²) in [5.74, 6) is -0.986. The summed E-state index contributed by atoms with van der Waals surface area (Å²) in [5, 5.41) is 1.74. The van der Waals surface area contributed by atoms with Crippen molar-refractivity contribution in [3.63, 3.8) is 0 Å². The Morgan fingerprint density at radius 2 is 1.73 bits per heavy atom. The second-order valence-corrected chi connectivity index (χ2v) is 7.35. The van der Waals surface area contributed by atoms with E-state index in [2.05, 4.69) is 4.72 Å². The molecule has 0 aliphatic heterocycles. The van der Waals surface area contributed by atoms with E-state index in [0.717, 1.165) is 11.6 Å². The van der Waals surface area contributed by atoms with Gasteiger partial charge < -0.3 is 5.32 Å². The maximum Gasteiger partial charge on any atom is 0.405 e. The van der Waals surface area contributed by atoms with E-state index in [9.17, 15) is 26.4 Å². The molecule has 0 fully saturated rings. The summed E-state index contributed by atoms with van der Waals surface area (Å²) in [4.78, 5) is 11.7. The summed E-state index contributed by atoms with van der Waals surface area (Å²) < 4.78 is 63.9. The zero-order valence-corrected chi connectivity index (χ0v) is 14.6. The van der Waals surface area contributed by atoms with Gasteiger partial charge in [-0.25, -0.2) is 13.1 Å². The van der Waals surface area contributed by atoms with Crippen LogP contribution in [0.25, 0.3) is 0 Å². The van der Waals surface area contributed by atoms with Crippen molar-refractivity contribution in [3.8, 4) is 0 Å². The lowest BCUT2D eigenvalue weighted by Crippen LogP contribution is -2.34. The van der Waals surface area contributed by atoms with Crippen molar-refractivity contribution in [2.24, 2.45) is 0 Å². The van der Waals surface area contributed by atoms with Gasteiger partial charge in [-0.05, 0) is 30.2 Å². The third-order valence-electron chi connectivity index (χ3n) is 3.52. The van der Waals surface area contributed by atoms with Gasteiger partial charge in [0.15, 0.2) is 0 Å². The molecule has 0 radical (unpaired) electrons. The number of carbonyl (C=O) groups excluding carboxylic acids is 1. The van der Waals surface area contributed by atoms with Crippen molar-refractivity contribution in [1.82, 2.24) is 10.0 Å². The third kappa shape index (κ3) is 5.57. The number of nitrogens with one attached hydrogen (secondary N) is 2. The molecule has 9 heteroatoms. The molecule has 0 atom stereocenters. The number of benzene rings is 2. The first-order chi connectivity index (χ1) is 12.1. The van der Waals surface area contributed by atoms with E-state index in [1.54, 1.807) is 35.6 Å². The fraction of sp³-hybridized carbons (Fsp3) is 0.235. The number of rotatable bonds is 6. The highest BCUT2D eigenvalue weighted by Crippen LogP contribution is 2.17. The van der Waals surface area contributed by atoms with Crippen molar-refractivity contribution in [3.05, 3.63) is 65.2 Å². The Labute approximate surface area is 149 Å². The molecule has 0 spiro atoms. The van der Waals surface area contributed by atoms with Crippen LogP contribution in [0.3, 0.4) is 0 Å². The van der Waals surface area contributed by atoms with Crippen LogP contribution in [-0.2, 0) is 16.6 Å². The van der Waals surface area contributed by atoms with E-state index in [4.69, 9.17) is 0 Å². The molecule has 2 N–H and O–H groups in total. The molecule has 2 aromatic rings. The summed E-state index contributed by atoms with van der Waals surface area (Å²) >= 11 is 0. The number of alkyl halides is 3. The molecule has 2 aromatic carbocycles. The SMILES string of the molecule is Cc1ccc(S(=O)(=O)NCc2ccccc2)cc1C(=O)NCC(F)(F)F. The van der Waals surface area contributed by atoms with Crippen LogP contribution in [0.5, 0.6) is 0 Å². The molecular weight excluding hydrogens is 369 g/mol. The molecule has 0 aliphatic rings. The van der Waals surface area contributed by atoms with Crippen molar-refractivity contribution < 1.29 is 26.4 Å². The Morgan fingerprint density at radius 1 is 1.08 bits per heavy atom. The van der Waals surface area contributed by atoms with E-state index in [1.807, 2.05) is 0 Å². The second kappa shape index (κ2) is 7.88. The number of hydrogen-bond acceptors (Lipinski definition) is 3. The molecule has 0 aromatic heterocycles. The normalized spacial score (nSPS) is 12.0.